The highest BCUT2D eigenvalue weighted by atomic mass is 32.2. The van der Waals surface area contributed by atoms with Gasteiger partial charge in [-0.1, -0.05) is 97.1 Å². The van der Waals surface area contributed by atoms with E-state index in [0.29, 0.717) is 0 Å². The van der Waals surface area contributed by atoms with Gasteiger partial charge in [0.25, 0.3) is 0 Å². The van der Waals surface area contributed by atoms with Gasteiger partial charge in [0, 0.05) is 57.2 Å². The zero-order valence-corrected chi connectivity index (χ0v) is 22.2. The van der Waals surface area contributed by atoms with E-state index in [0.717, 1.165) is 11.5 Å². The highest BCUT2D eigenvalue weighted by Crippen LogP contribution is 2.47. The van der Waals surface area contributed by atoms with Crippen molar-refractivity contribution in [3.63, 3.8) is 0 Å². The van der Waals surface area contributed by atoms with E-state index in [1.165, 1.54) is 54.1 Å². The van der Waals surface area contributed by atoms with Crippen LogP contribution in [0.2, 0.25) is 0 Å². The summed E-state index contributed by atoms with van der Waals surface area (Å²) in [7, 11) is 4.43. The number of hydrogen-bond acceptors (Lipinski definition) is 2. The zero-order chi connectivity index (χ0) is 24.5. The van der Waals surface area contributed by atoms with Gasteiger partial charge in [0.05, 0.1) is 11.4 Å². The molecular weight excluding hydrogens is 477 g/mol. The molecule has 0 aliphatic rings. The van der Waals surface area contributed by atoms with Gasteiger partial charge in [-0.3, -0.25) is 0 Å². The number of thioether (sulfide) groups is 2. The van der Waals surface area contributed by atoms with Gasteiger partial charge < -0.3 is 9.13 Å². The summed E-state index contributed by atoms with van der Waals surface area (Å²) in [5, 5.41) is 2.64. The number of hydrogen-bond donors (Lipinski definition) is 0. The average molecular weight is 505 g/mol. The predicted molar refractivity (Wildman–Crippen MR) is 157 cm³/mol. The molecule has 0 aliphatic heterocycles. The molecule has 2 heterocycles. The van der Waals surface area contributed by atoms with Gasteiger partial charge in [0.15, 0.2) is 0 Å². The molecule has 2 nitrogen and oxygen atoms in total. The van der Waals surface area contributed by atoms with Gasteiger partial charge >= 0.3 is 0 Å². The lowest BCUT2D eigenvalue weighted by atomic mass is 10.2. The van der Waals surface area contributed by atoms with Crippen molar-refractivity contribution in [2.45, 2.75) is 21.3 Å². The summed E-state index contributed by atoms with van der Waals surface area (Å²) < 4.78 is 4.78. The monoisotopic (exact) mass is 504 g/mol. The van der Waals surface area contributed by atoms with Crippen LogP contribution in [-0.2, 0) is 25.6 Å². The van der Waals surface area contributed by atoms with Crippen LogP contribution in [0.3, 0.4) is 0 Å². The molecule has 6 rings (SSSR count). The molecule has 0 N–H and O–H groups in total. The molecule has 0 fully saturated rings. The second kappa shape index (κ2) is 9.96. The first kappa shape index (κ1) is 23.1. The van der Waals surface area contributed by atoms with Crippen LogP contribution < -0.4 is 0 Å². The molecule has 178 valence electrons. The number of nitrogens with zero attached hydrogens (tertiary/aromatic N) is 2. The molecule has 0 atom stereocenters. The van der Waals surface area contributed by atoms with Crippen LogP contribution in [0, 0.1) is 0 Å². The van der Waals surface area contributed by atoms with Crippen molar-refractivity contribution >= 4 is 45.3 Å². The summed E-state index contributed by atoms with van der Waals surface area (Å²) in [4.78, 5) is 2.70. The molecule has 4 heteroatoms. The third-order valence-electron chi connectivity index (χ3n) is 6.80. The van der Waals surface area contributed by atoms with E-state index >= 15 is 0 Å². The Hall–Kier alpha value is -3.34. The summed E-state index contributed by atoms with van der Waals surface area (Å²) in [5.41, 5.74) is 7.83. The Kier molecular flexibility index (Phi) is 6.39. The predicted octanol–water partition coefficient (Wildman–Crippen LogP) is 8.92. The Balaban J connectivity index is 1.54. The topological polar surface area (TPSA) is 9.86 Å². The van der Waals surface area contributed by atoms with E-state index in [1.807, 2.05) is 23.5 Å². The number of rotatable bonds is 7. The molecule has 0 aliphatic carbocycles. The van der Waals surface area contributed by atoms with Crippen LogP contribution in [0.15, 0.2) is 119 Å². The second-order valence-corrected chi connectivity index (χ2v) is 11.0. The summed E-state index contributed by atoms with van der Waals surface area (Å²) in [6.45, 7) is 0. The first-order valence-electron chi connectivity index (χ1n) is 12.2. The van der Waals surface area contributed by atoms with Crippen LogP contribution in [0.5, 0.6) is 0 Å². The Labute approximate surface area is 221 Å². The fourth-order valence-electron chi connectivity index (χ4n) is 5.00. The number of aromatic nitrogens is 2. The van der Waals surface area contributed by atoms with E-state index < -0.39 is 0 Å². The molecule has 0 saturated heterocycles. The number of aryl methyl sites for hydroxylation is 2. The summed E-state index contributed by atoms with van der Waals surface area (Å²) in [6.07, 6.45) is 0. The Morgan fingerprint density at radius 2 is 0.833 bits per heavy atom. The first-order chi connectivity index (χ1) is 17.7. The lowest BCUT2D eigenvalue weighted by Crippen LogP contribution is -1.99. The fraction of sp³-hybridized carbons (Fsp3) is 0.125. The molecule has 0 unspecified atom stereocenters. The summed E-state index contributed by atoms with van der Waals surface area (Å²) in [6, 6.07) is 39.2. The van der Waals surface area contributed by atoms with E-state index in [4.69, 9.17) is 0 Å². The van der Waals surface area contributed by atoms with Gasteiger partial charge in [-0.2, -0.15) is 0 Å². The molecular formula is C32H28N2S2. The minimum absolute atomic E-state index is 0.943. The van der Waals surface area contributed by atoms with Crippen molar-refractivity contribution < 1.29 is 0 Å². The molecule has 0 spiro atoms. The number of para-hydroxylation sites is 2. The van der Waals surface area contributed by atoms with Crippen LogP contribution >= 0.6 is 23.5 Å². The SMILES string of the molecule is Cn1c(-c2c(SCc3ccccc3)c3ccccc3n2C)c(SCc2ccccc2)c2ccccc21. The molecule has 4 aromatic carbocycles. The van der Waals surface area contributed by atoms with E-state index in [-0.39, 0.29) is 0 Å². The van der Waals surface area contributed by atoms with Gasteiger partial charge in [-0.15, -0.1) is 23.5 Å². The molecule has 0 radical (unpaired) electrons. The van der Waals surface area contributed by atoms with Crippen molar-refractivity contribution in [1.29, 1.82) is 0 Å². The lowest BCUT2D eigenvalue weighted by molar-refractivity contribution is 0.905. The van der Waals surface area contributed by atoms with E-state index in [2.05, 4.69) is 132 Å². The van der Waals surface area contributed by atoms with Crippen molar-refractivity contribution in [2.75, 3.05) is 0 Å². The molecule has 0 saturated carbocycles. The smallest absolute Gasteiger partial charge is 0.0806 e. The van der Waals surface area contributed by atoms with E-state index in [9.17, 15) is 0 Å². The maximum absolute atomic E-state index is 2.39. The summed E-state index contributed by atoms with van der Waals surface area (Å²) in [5.74, 6) is 1.89. The van der Waals surface area contributed by atoms with Crippen molar-refractivity contribution in [2.24, 2.45) is 14.1 Å². The van der Waals surface area contributed by atoms with E-state index in [1.54, 1.807) is 0 Å². The van der Waals surface area contributed by atoms with Gasteiger partial charge in [-0.25, -0.2) is 0 Å². The van der Waals surface area contributed by atoms with Gasteiger partial charge in [0.1, 0.15) is 0 Å². The summed E-state index contributed by atoms with van der Waals surface area (Å²) >= 11 is 3.89. The van der Waals surface area contributed by atoms with Crippen molar-refractivity contribution in [3.05, 3.63) is 120 Å². The maximum atomic E-state index is 2.39. The van der Waals surface area contributed by atoms with Gasteiger partial charge in [0.2, 0.25) is 0 Å². The van der Waals surface area contributed by atoms with Crippen molar-refractivity contribution in [1.82, 2.24) is 9.13 Å². The highest BCUT2D eigenvalue weighted by Gasteiger charge is 2.25. The molecule has 0 bridgehead atoms. The van der Waals surface area contributed by atoms with Crippen LogP contribution in [-0.4, -0.2) is 9.13 Å². The average Bonchev–Trinajstić information content (AvgIpc) is 3.37. The molecule has 0 amide bonds. The Bertz CT molecular complexity index is 1520. The second-order valence-electron chi connectivity index (χ2n) is 9.06. The third-order valence-corrected chi connectivity index (χ3v) is 9.16. The van der Waals surface area contributed by atoms with Crippen LogP contribution in [0.1, 0.15) is 11.1 Å². The Morgan fingerprint density at radius 1 is 0.472 bits per heavy atom. The largest absolute Gasteiger partial charge is 0.341 e. The zero-order valence-electron chi connectivity index (χ0n) is 20.5. The van der Waals surface area contributed by atoms with Crippen LogP contribution in [0.25, 0.3) is 33.2 Å². The molecule has 6 aromatic rings. The molecule has 2 aromatic heterocycles. The highest BCUT2D eigenvalue weighted by molar-refractivity contribution is 7.99. The minimum Gasteiger partial charge on any atom is -0.341 e. The normalized spacial score (nSPS) is 11.5. The van der Waals surface area contributed by atoms with Crippen LogP contribution in [0.4, 0.5) is 0 Å². The molecule has 36 heavy (non-hydrogen) atoms. The Morgan fingerprint density at radius 3 is 1.25 bits per heavy atom. The third kappa shape index (κ3) is 4.15. The lowest BCUT2D eigenvalue weighted by Gasteiger charge is -2.13. The maximum Gasteiger partial charge on any atom is 0.0806 e. The standard InChI is InChI=1S/C32H28N2S2/c1-33-27-19-11-9-17-25(27)31(35-21-23-13-5-3-6-14-23)29(33)30-32(36-22-24-15-7-4-8-16-24)26-18-10-12-20-28(26)34(30)2/h3-20H,21-22H2,1-2H3. The number of benzene rings is 4. The minimum atomic E-state index is 0.943. The quantitative estimate of drug-likeness (QED) is 0.201. The van der Waals surface area contributed by atoms with Gasteiger partial charge in [-0.05, 0) is 23.3 Å². The van der Waals surface area contributed by atoms with Crippen molar-refractivity contribution in [3.8, 4) is 11.4 Å². The number of fused-ring (bicyclic) bond motifs is 2. The first-order valence-corrected chi connectivity index (χ1v) is 14.2. The fourth-order valence-corrected chi connectivity index (χ4v) is 7.41.